The summed E-state index contributed by atoms with van der Waals surface area (Å²) >= 11 is 3.68. The smallest absolute Gasteiger partial charge is 0.124 e. The van der Waals surface area contributed by atoms with Crippen LogP contribution in [0.15, 0.2) is 115 Å². The van der Waals surface area contributed by atoms with Crippen LogP contribution in [0.4, 0.5) is 4.39 Å². The highest BCUT2D eigenvalue weighted by atomic mass is 32.1. The van der Waals surface area contributed by atoms with E-state index in [0.29, 0.717) is 17.8 Å². The molecular formula is C49H61FO3S2. The minimum atomic E-state index is -0.184. The lowest BCUT2D eigenvalue weighted by atomic mass is 9.95. The maximum absolute atomic E-state index is 12.8. The lowest BCUT2D eigenvalue weighted by Crippen LogP contribution is -2.15. The van der Waals surface area contributed by atoms with Gasteiger partial charge in [0.1, 0.15) is 23.4 Å². The van der Waals surface area contributed by atoms with Gasteiger partial charge in [-0.1, -0.05) is 117 Å². The molecule has 1 aliphatic heterocycles. The third kappa shape index (κ3) is 14.2. The molecule has 3 heterocycles. The molecule has 0 bridgehead atoms. The number of ether oxygens (including phenoxy) is 3. The Morgan fingerprint density at radius 1 is 0.709 bits per heavy atom. The van der Waals surface area contributed by atoms with E-state index in [2.05, 4.69) is 129 Å². The van der Waals surface area contributed by atoms with E-state index < -0.39 is 0 Å². The molecule has 4 aromatic carbocycles. The molecule has 0 radical (unpaired) electrons. The van der Waals surface area contributed by atoms with Crippen molar-refractivity contribution in [3.8, 4) is 21.9 Å². The second-order valence-electron chi connectivity index (χ2n) is 15.7. The Morgan fingerprint density at radius 2 is 1.31 bits per heavy atom. The van der Waals surface area contributed by atoms with Crippen molar-refractivity contribution in [3.05, 3.63) is 142 Å². The Kier molecular flexibility index (Phi) is 17.0. The molecule has 294 valence electrons. The van der Waals surface area contributed by atoms with Crippen LogP contribution in [0.5, 0.6) is 11.5 Å². The predicted octanol–water partition coefficient (Wildman–Crippen LogP) is 15.1. The standard InChI is InChI=1S/C14H15FS.C13H18O2.C11H16O.C11H12S/c1-14(2,3)13-9-8-12(16-13)10-4-6-11(15)7-5-10;1-10(2)11-3-5-12(6-4-11)15-13-7-8-14-9-13;1-4-12-11-7-5-10(6-8-11)9(2)3;1-8(2)11-7-9-5-3-4-6-10(9)12-11/h4-9H,1-3H3;3-6,10,13H,7-9H2,1-2H3;5-9H,4H2,1-3H3;3-8H,1-2H3/t;13-;;/m.0../s1. The first kappa shape index (κ1) is 43.8. The van der Waals surface area contributed by atoms with Crippen molar-refractivity contribution in [3.63, 3.8) is 0 Å². The fourth-order valence-electron chi connectivity index (χ4n) is 5.64. The highest BCUT2D eigenvalue weighted by molar-refractivity contribution is 7.19. The number of hydrogen-bond acceptors (Lipinski definition) is 5. The average molecular weight is 781 g/mol. The van der Waals surface area contributed by atoms with E-state index in [1.165, 1.54) is 48.0 Å². The third-order valence-electron chi connectivity index (χ3n) is 9.08. The normalized spacial score (nSPS) is 13.8. The molecule has 3 nitrogen and oxygen atoms in total. The van der Waals surface area contributed by atoms with Crippen LogP contribution in [0, 0.1) is 5.82 Å². The predicted molar refractivity (Wildman–Crippen MR) is 236 cm³/mol. The maximum Gasteiger partial charge on any atom is 0.124 e. The summed E-state index contributed by atoms with van der Waals surface area (Å²) in [6, 6.07) is 38.5. The summed E-state index contributed by atoms with van der Waals surface area (Å²) in [5.41, 5.74) is 3.98. The summed E-state index contributed by atoms with van der Waals surface area (Å²) in [6.07, 6.45) is 1.25. The van der Waals surface area contributed by atoms with Crippen molar-refractivity contribution >= 4 is 32.8 Å². The highest BCUT2D eigenvalue weighted by Gasteiger charge is 2.17. The first-order chi connectivity index (χ1) is 26.2. The van der Waals surface area contributed by atoms with Gasteiger partial charge in [-0.3, -0.25) is 0 Å². The molecule has 2 aromatic heterocycles. The monoisotopic (exact) mass is 780 g/mol. The third-order valence-corrected chi connectivity index (χ3v) is 12.1. The summed E-state index contributed by atoms with van der Waals surface area (Å²) < 4.78 is 30.6. The van der Waals surface area contributed by atoms with E-state index in [4.69, 9.17) is 14.2 Å². The van der Waals surface area contributed by atoms with Gasteiger partial charge in [-0.15, -0.1) is 22.7 Å². The minimum absolute atomic E-state index is 0.183. The lowest BCUT2D eigenvalue weighted by Gasteiger charge is -2.15. The van der Waals surface area contributed by atoms with Crippen LogP contribution < -0.4 is 9.47 Å². The fourth-order valence-corrected chi connectivity index (χ4v) is 7.78. The van der Waals surface area contributed by atoms with Crippen molar-refractivity contribution in [2.45, 2.75) is 105 Å². The summed E-state index contributed by atoms with van der Waals surface area (Å²) in [5.74, 6) is 3.56. The summed E-state index contributed by atoms with van der Waals surface area (Å²) in [6.45, 7) is 24.1. The van der Waals surface area contributed by atoms with E-state index in [0.717, 1.165) is 43.3 Å². The van der Waals surface area contributed by atoms with Gasteiger partial charge in [-0.25, -0.2) is 4.39 Å². The lowest BCUT2D eigenvalue weighted by molar-refractivity contribution is 0.141. The van der Waals surface area contributed by atoms with Crippen LogP contribution in [0.2, 0.25) is 0 Å². The molecule has 6 heteroatoms. The number of halogens is 1. The maximum atomic E-state index is 12.8. The largest absolute Gasteiger partial charge is 0.494 e. The quantitative estimate of drug-likeness (QED) is 0.154. The molecule has 7 rings (SSSR count). The molecular weight excluding hydrogens is 720 g/mol. The Balaban J connectivity index is 0.000000164. The number of thiophene rings is 2. The molecule has 0 amide bonds. The molecule has 1 saturated heterocycles. The van der Waals surface area contributed by atoms with E-state index in [1.807, 2.05) is 54.7 Å². The Labute approximate surface area is 338 Å². The highest BCUT2D eigenvalue weighted by Crippen LogP contribution is 2.35. The van der Waals surface area contributed by atoms with Gasteiger partial charge in [0.2, 0.25) is 0 Å². The number of hydrogen-bond donors (Lipinski definition) is 0. The zero-order chi connectivity index (χ0) is 40.0. The Bertz CT molecular complexity index is 1930. The fraction of sp³-hybridized carbons (Fsp3) is 0.388. The first-order valence-corrected chi connectivity index (χ1v) is 21.3. The number of fused-ring (bicyclic) bond motifs is 1. The van der Waals surface area contributed by atoms with Gasteiger partial charge in [0.05, 0.1) is 19.8 Å². The average Bonchev–Trinajstić information content (AvgIpc) is 3.95. The second kappa shape index (κ2) is 21.4. The van der Waals surface area contributed by atoms with Crippen molar-refractivity contribution in [2.24, 2.45) is 0 Å². The minimum Gasteiger partial charge on any atom is -0.494 e. The van der Waals surface area contributed by atoms with Gasteiger partial charge in [-0.2, -0.15) is 0 Å². The second-order valence-corrected chi connectivity index (χ2v) is 17.9. The zero-order valence-electron chi connectivity index (χ0n) is 34.5. The van der Waals surface area contributed by atoms with Crippen LogP contribution in [-0.2, 0) is 10.2 Å². The molecule has 55 heavy (non-hydrogen) atoms. The van der Waals surface area contributed by atoms with Gasteiger partial charge in [0.15, 0.2) is 0 Å². The molecule has 0 N–H and O–H groups in total. The van der Waals surface area contributed by atoms with Crippen molar-refractivity contribution in [1.82, 2.24) is 0 Å². The Morgan fingerprint density at radius 3 is 1.80 bits per heavy atom. The van der Waals surface area contributed by atoms with Crippen LogP contribution in [0.25, 0.3) is 20.5 Å². The SMILES string of the molecule is CC(C)(C)c1ccc(-c2ccc(F)cc2)s1.CC(C)c1cc2ccccc2s1.CC(C)c1ccc(O[C@H]2CCOC2)cc1.CCOc1ccc(C(C)C)cc1. The van der Waals surface area contributed by atoms with Crippen LogP contribution in [0.3, 0.4) is 0 Å². The van der Waals surface area contributed by atoms with E-state index in [9.17, 15) is 4.39 Å². The molecule has 0 unspecified atom stereocenters. The molecule has 1 aliphatic rings. The van der Waals surface area contributed by atoms with Crippen molar-refractivity contribution in [1.29, 1.82) is 0 Å². The van der Waals surface area contributed by atoms with Gasteiger partial charge in [-0.05, 0) is 113 Å². The van der Waals surface area contributed by atoms with Gasteiger partial charge >= 0.3 is 0 Å². The number of benzene rings is 4. The van der Waals surface area contributed by atoms with Crippen LogP contribution in [0.1, 0.15) is 114 Å². The first-order valence-electron chi connectivity index (χ1n) is 19.6. The molecule has 0 saturated carbocycles. The van der Waals surface area contributed by atoms with E-state index in [-0.39, 0.29) is 17.3 Å². The number of rotatable bonds is 8. The summed E-state index contributed by atoms with van der Waals surface area (Å²) in [7, 11) is 0. The molecule has 0 spiro atoms. The van der Waals surface area contributed by atoms with Gasteiger partial charge < -0.3 is 14.2 Å². The van der Waals surface area contributed by atoms with E-state index in [1.54, 1.807) is 11.3 Å². The zero-order valence-corrected chi connectivity index (χ0v) is 36.2. The Hall–Kier alpha value is -3.97. The van der Waals surface area contributed by atoms with Gasteiger partial charge in [0, 0.05) is 25.8 Å². The van der Waals surface area contributed by atoms with Crippen LogP contribution >= 0.6 is 22.7 Å². The van der Waals surface area contributed by atoms with E-state index >= 15 is 0 Å². The van der Waals surface area contributed by atoms with Crippen molar-refractivity contribution in [2.75, 3.05) is 19.8 Å². The van der Waals surface area contributed by atoms with Gasteiger partial charge in [0.25, 0.3) is 0 Å². The molecule has 1 atom stereocenters. The van der Waals surface area contributed by atoms with Crippen molar-refractivity contribution < 1.29 is 18.6 Å². The summed E-state index contributed by atoms with van der Waals surface area (Å²) in [4.78, 5) is 4.04. The summed E-state index contributed by atoms with van der Waals surface area (Å²) in [5, 5.41) is 1.38. The molecule has 6 aromatic rings. The topological polar surface area (TPSA) is 27.7 Å². The molecule has 0 aliphatic carbocycles. The van der Waals surface area contributed by atoms with Crippen LogP contribution in [-0.4, -0.2) is 25.9 Å². The molecule has 1 fully saturated rings.